The number of para-hydroxylation sites is 4. The van der Waals surface area contributed by atoms with Crippen molar-refractivity contribution in [3.05, 3.63) is 151 Å². The third kappa shape index (κ3) is 12.2. The van der Waals surface area contributed by atoms with Crippen LogP contribution in [0.15, 0.2) is 145 Å². The summed E-state index contributed by atoms with van der Waals surface area (Å²) in [6, 6.07) is 32.3. The average molecular weight is 876 g/mol. The van der Waals surface area contributed by atoms with Crippen molar-refractivity contribution in [2.24, 2.45) is 0 Å². The van der Waals surface area contributed by atoms with Gasteiger partial charge in [-0.2, -0.15) is 0 Å². The maximum absolute atomic E-state index is 5.62. The number of benzene rings is 5. The van der Waals surface area contributed by atoms with Crippen LogP contribution in [-0.4, -0.2) is 24.9 Å². The number of nitrogens with zero attached hydrogens (tertiary/aromatic N) is 5. The Morgan fingerprint density at radius 2 is 0.877 bits per heavy atom. The summed E-state index contributed by atoms with van der Waals surface area (Å²) >= 11 is 0. The molecule has 10 aromatic rings. The first-order valence-corrected chi connectivity index (χ1v) is 22.1. The fourth-order valence-corrected chi connectivity index (χ4v) is 6.81. The maximum atomic E-state index is 5.62. The summed E-state index contributed by atoms with van der Waals surface area (Å²) < 4.78 is 26.6. The van der Waals surface area contributed by atoms with Crippen molar-refractivity contribution in [2.75, 3.05) is 0 Å². The minimum Gasteiger partial charge on any atom is -0.443 e. The monoisotopic (exact) mass is 875 g/mol. The second-order valence-electron chi connectivity index (χ2n) is 21.3. The van der Waals surface area contributed by atoms with Gasteiger partial charge in [0.2, 0.25) is 5.89 Å². The van der Waals surface area contributed by atoms with Crippen LogP contribution in [0.1, 0.15) is 132 Å². The molecule has 0 amide bonds. The van der Waals surface area contributed by atoms with E-state index in [0.717, 1.165) is 61.4 Å². The van der Waals surface area contributed by atoms with Crippen LogP contribution in [0, 0.1) is 0 Å². The highest BCUT2D eigenvalue weighted by molar-refractivity contribution is 5.78. The van der Waals surface area contributed by atoms with Crippen molar-refractivity contribution < 1.29 is 22.1 Å². The quantitative estimate of drug-likeness (QED) is 0.145. The van der Waals surface area contributed by atoms with Crippen LogP contribution in [0.5, 0.6) is 0 Å². The van der Waals surface area contributed by atoms with Crippen molar-refractivity contribution in [3.8, 4) is 0 Å². The Balaban J connectivity index is 0.000000135. The second kappa shape index (κ2) is 18.9. The number of oxazole rings is 5. The summed E-state index contributed by atoms with van der Waals surface area (Å²) in [4.78, 5) is 21.0. The third-order valence-corrected chi connectivity index (χ3v) is 10.7. The molecule has 0 atom stereocenters. The second-order valence-corrected chi connectivity index (χ2v) is 21.3. The minimum absolute atomic E-state index is 0.0149. The fourth-order valence-electron chi connectivity index (χ4n) is 6.81. The Kier molecular flexibility index (Phi) is 13.9. The van der Waals surface area contributed by atoms with E-state index in [9.17, 15) is 0 Å². The average Bonchev–Trinajstić information content (AvgIpc) is 4.08. The minimum atomic E-state index is -0.0149. The van der Waals surface area contributed by atoms with Gasteiger partial charge in [-0.3, -0.25) is 0 Å². The molecule has 0 aliphatic rings. The molecule has 0 unspecified atom stereocenters. The van der Waals surface area contributed by atoms with Crippen LogP contribution in [0.2, 0.25) is 0 Å². The number of hydrogen-bond donors (Lipinski definition) is 0. The van der Waals surface area contributed by atoms with Crippen molar-refractivity contribution in [2.45, 2.75) is 131 Å². The third-order valence-electron chi connectivity index (χ3n) is 10.7. The molecule has 0 saturated heterocycles. The molecule has 340 valence electrons. The lowest BCUT2D eigenvalue weighted by molar-refractivity contribution is 0.411. The van der Waals surface area contributed by atoms with E-state index in [1.807, 2.05) is 60.7 Å². The summed E-state index contributed by atoms with van der Waals surface area (Å²) in [5.41, 5.74) is 14.7. The molecule has 65 heavy (non-hydrogen) atoms. The summed E-state index contributed by atoms with van der Waals surface area (Å²) in [5.74, 6) is 0.800. The smallest absolute Gasteiger partial charge is 0.200 e. The zero-order valence-electron chi connectivity index (χ0n) is 40.8. The van der Waals surface area contributed by atoms with Crippen LogP contribution in [-0.2, 0) is 27.1 Å². The molecular weight excluding hydrogens is 811 g/mol. The van der Waals surface area contributed by atoms with E-state index < -0.39 is 0 Å². The molecule has 0 radical (unpaired) electrons. The molecule has 0 bridgehead atoms. The first-order chi connectivity index (χ1) is 30.4. The van der Waals surface area contributed by atoms with E-state index in [-0.39, 0.29) is 27.1 Å². The van der Waals surface area contributed by atoms with Gasteiger partial charge >= 0.3 is 0 Å². The molecule has 0 aliphatic carbocycles. The fraction of sp³-hybridized carbons (Fsp3) is 0.364. The van der Waals surface area contributed by atoms with Gasteiger partial charge in [0.1, 0.15) is 27.6 Å². The zero-order chi connectivity index (χ0) is 47.4. The molecule has 5 aromatic carbocycles. The van der Waals surface area contributed by atoms with Crippen molar-refractivity contribution in [3.63, 3.8) is 0 Å². The van der Waals surface area contributed by atoms with E-state index in [4.69, 9.17) is 22.1 Å². The largest absolute Gasteiger partial charge is 0.443 e. The Bertz CT molecular complexity index is 2870. The van der Waals surface area contributed by atoms with E-state index in [0.29, 0.717) is 0 Å². The van der Waals surface area contributed by atoms with Crippen LogP contribution in [0.3, 0.4) is 0 Å². The first kappa shape index (κ1) is 47.9. The zero-order valence-corrected chi connectivity index (χ0v) is 40.8. The van der Waals surface area contributed by atoms with Gasteiger partial charge in [0, 0.05) is 11.0 Å². The van der Waals surface area contributed by atoms with Gasteiger partial charge in [-0.25, -0.2) is 24.9 Å². The van der Waals surface area contributed by atoms with Gasteiger partial charge in [0.25, 0.3) is 0 Å². The lowest BCUT2D eigenvalue weighted by Gasteiger charge is -2.18. The van der Waals surface area contributed by atoms with Crippen molar-refractivity contribution in [1.82, 2.24) is 24.9 Å². The van der Waals surface area contributed by atoms with E-state index in [2.05, 4.69) is 165 Å². The molecule has 0 saturated carbocycles. The number of fused-ring (bicyclic) bond motifs is 5. The van der Waals surface area contributed by atoms with Crippen LogP contribution >= 0.6 is 0 Å². The van der Waals surface area contributed by atoms with E-state index >= 15 is 0 Å². The highest BCUT2D eigenvalue weighted by Gasteiger charge is 2.22. The summed E-state index contributed by atoms with van der Waals surface area (Å²) in [5, 5.41) is 0. The molecule has 0 N–H and O–H groups in total. The normalized spacial score (nSPS) is 12.2. The molecule has 10 nitrogen and oxygen atoms in total. The van der Waals surface area contributed by atoms with Gasteiger partial charge in [-0.1, -0.05) is 152 Å². The van der Waals surface area contributed by atoms with Crippen LogP contribution in [0.4, 0.5) is 0 Å². The molecule has 0 spiro atoms. The van der Waals surface area contributed by atoms with Gasteiger partial charge in [-0.15, -0.1) is 0 Å². The van der Waals surface area contributed by atoms with Gasteiger partial charge < -0.3 is 22.1 Å². The van der Waals surface area contributed by atoms with E-state index in [1.165, 1.54) is 47.8 Å². The Labute approximate surface area is 382 Å². The highest BCUT2D eigenvalue weighted by atomic mass is 16.4. The predicted molar refractivity (Wildman–Crippen MR) is 264 cm³/mol. The predicted octanol–water partition coefficient (Wildman–Crippen LogP) is 15.6. The first-order valence-electron chi connectivity index (χ1n) is 22.1. The van der Waals surface area contributed by atoms with Crippen LogP contribution < -0.4 is 0 Å². The number of rotatable bonds is 0. The van der Waals surface area contributed by atoms with Crippen LogP contribution in [0.25, 0.3) is 55.5 Å². The molecule has 0 fully saturated rings. The van der Waals surface area contributed by atoms with Crippen molar-refractivity contribution in [1.29, 1.82) is 0 Å². The molecule has 10 heteroatoms. The molecule has 10 rings (SSSR count). The number of hydrogen-bond acceptors (Lipinski definition) is 10. The molecule has 0 aliphatic heterocycles. The lowest BCUT2D eigenvalue weighted by atomic mass is 9.86. The van der Waals surface area contributed by atoms with E-state index in [1.54, 1.807) is 0 Å². The van der Waals surface area contributed by atoms with Crippen molar-refractivity contribution >= 4 is 55.5 Å². The molecule has 5 aromatic heterocycles. The summed E-state index contributed by atoms with van der Waals surface area (Å²) in [6.45, 7) is 32.5. The summed E-state index contributed by atoms with van der Waals surface area (Å²) in [7, 11) is 0. The standard InChI is InChI=1S/5C11H13NO/c1-11(2,3)8-4-5-10-9(6-8)12-7-13-10;1-11(2,3)8-4-5-9-10(6-8)13-7-12-9;1-11(2,3)8-5-4-6-9-10(8)12-7-13-9;1-11(2,3)8-5-4-6-9-10(8)13-7-12-9;1-11(2,3)10-12-8-6-4-5-7-9(8)13-10/h5*4-7H,1-3H3. The van der Waals surface area contributed by atoms with Gasteiger partial charge in [0.05, 0.1) is 0 Å². The highest BCUT2D eigenvalue weighted by Crippen LogP contribution is 2.31. The lowest BCUT2D eigenvalue weighted by Crippen LogP contribution is -2.11. The Morgan fingerprint density at radius 1 is 0.354 bits per heavy atom. The van der Waals surface area contributed by atoms with Gasteiger partial charge in [0.15, 0.2) is 53.5 Å². The van der Waals surface area contributed by atoms with Gasteiger partial charge in [-0.05, 0) is 86.9 Å². The molecule has 5 heterocycles. The maximum Gasteiger partial charge on any atom is 0.200 e. The SMILES string of the molecule is CC(C)(C)c1ccc2ncoc2c1.CC(C)(C)c1ccc2ocnc2c1.CC(C)(C)c1cccc2ncoc12.CC(C)(C)c1cccc2ocnc12.CC(C)(C)c1nc2ccccc2o1. The number of aromatic nitrogens is 5. The Morgan fingerprint density at radius 3 is 1.54 bits per heavy atom. The topological polar surface area (TPSA) is 130 Å². The Hall–Kier alpha value is -6.55. The molecular formula is C55H65N5O5. The summed E-state index contributed by atoms with van der Waals surface area (Å²) in [6.07, 6.45) is 5.97.